The van der Waals surface area contributed by atoms with Crippen LogP contribution in [0.4, 0.5) is 0 Å². The van der Waals surface area contributed by atoms with E-state index >= 15 is 0 Å². The number of aryl methyl sites for hydroxylation is 1. The summed E-state index contributed by atoms with van der Waals surface area (Å²) in [5.41, 5.74) is 4.07. The summed E-state index contributed by atoms with van der Waals surface area (Å²) in [7, 11) is 0. The van der Waals surface area contributed by atoms with Crippen LogP contribution in [-0.4, -0.2) is 30.4 Å². The molecule has 0 spiro atoms. The zero-order valence-electron chi connectivity index (χ0n) is 14.5. The van der Waals surface area contributed by atoms with Gasteiger partial charge in [-0.05, 0) is 48.1 Å². The molecule has 3 rings (SSSR count). The predicted molar refractivity (Wildman–Crippen MR) is 103 cm³/mol. The van der Waals surface area contributed by atoms with Crippen LogP contribution in [0.5, 0.6) is 0 Å². The van der Waals surface area contributed by atoms with Crippen LogP contribution in [0.3, 0.4) is 0 Å². The fourth-order valence-corrected chi connectivity index (χ4v) is 3.40. The number of carbonyl (C=O) groups is 1. The number of halogens is 1. The van der Waals surface area contributed by atoms with E-state index < -0.39 is 0 Å². The SMILES string of the molecule is O=C(CCc1ccc(Cl)cc1)NCCCN1CCc2ccccc2C1. The average Bonchev–Trinajstić information content (AvgIpc) is 2.64. The van der Waals surface area contributed by atoms with Gasteiger partial charge in [0.1, 0.15) is 0 Å². The van der Waals surface area contributed by atoms with Gasteiger partial charge < -0.3 is 5.32 Å². The van der Waals surface area contributed by atoms with Crippen LogP contribution < -0.4 is 5.32 Å². The number of nitrogens with zero attached hydrogens (tertiary/aromatic N) is 1. The second-order valence-electron chi connectivity index (χ2n) is 6.62. The summed E-state index contributed by atoms with van der Waals surface area (Å²) in [5, 5.41) is 3.76. The Kier molecular flexibility index (Phi) is 6.48. The number of carbonyl (C=O) groups excluding carboxylic acids is 1. The molecule has 0 fully saturated rings. The molecule has 0 aliphatic carbocycles. The lowest BCUT2D eigenvalue weighted by atomic mass is 10.00. The summed E-state index contributed by atoms with van der Waals surface area (Å²) < 4.78 is 0. The summed E-state index contributed by atoms with van der Waals surface area (Å²) >= 11 is 5.87. The van der Waals surface area contributed by atoms with E-state index in [-0.39, 0.29) is 5.91 Å². The number of nitrogens with one attached hydrogen (secondary N) is 1. The van der Waals surface area contributed by atoms with Crippen molar-refractivity contribution in [2.45, 2.75) is 32.2 Å². The summed E-state index contributed by atoms with van der Waals surface area (Å²) in [6.45, 7) is 3.92. The Morgan fingerprint density at radius 2 is 1.84 bits per heavy atom. The minimum Gasteiger partial charge on any atom is -0.356 e. The Hall–Kier alpha value is -1.84. The molecule has 0 saturated carbocycles. The molecule has 1 N–H and O–H groups in total. The second-order valence-corrected chi connectivity index (χ2v) is 7.06. The van der Waals surface area contributed by atoms with Crippen LogP contribution in [-0.2, 0) is 24.2 Å². The highest BCUT2D eigenvalue weighted by atomic mass is 35.5. The van der Waals surface area contributed by atoms with E-state index in [9.17, 15) is 4.79 Å². The molecule has 3 nitrogen and oxygen atoms in total. The largest absolute Gasteiger partial charge is 0.356 e. The number of fused-ring (bicyclic) bond motifs is 1. The zero-order chi connectivity index (χ0) is 17.5. The third kappa shape index (κ3) is 5.58. The lowest BCUT2D eigenvalue weighted by molar-refractivity contribution is -0.121. The third-order valence-electron chi connectivity index (χ3n) is 4.74. The fraction of sp³-hybridized carbons (Fsp3) is 0.381. The molecule has 0 atom stereocenters. The number of rotatable bonds is 7. The van der Waals surface area contributed by atoms with E-state index in [1.165, 1.54) is 11.1 Å². The molecule has 1 aliphatic heterocycles. The lowest BCUT2D eigenvalue weighted by Gasteiger charge is -2.28. The minimum absolute atomic E-state index is 0.124. The molecule has 2 aromatic carbocycles. The maximum absolute atomic E-state index is 11.9. The number of benzene rings is 2. The normalized spacial score (nSPS) is 14.1. The second kappa shape index (κ2) is 9.02. The summed E-state index contributed by atoms with van der Waals surface area (Å²) in [6.07, 6.45) is 3.41. The van der Waals surface area contributed by atoms with E-state index in [1.807, 2.05) is 24.3 Å². The van der Waals surface area contributed by atoms with Gasteiger partial charge in [-0.25, -0.2) is 0 Å². The van der Waals surface area contributed by atoms with Crippen molar-refractivity contribution in [2.24, 2.45) is 0 Å². The predicted octanol–water partition coefficient (Wildman–Crippen LogP) is 3.84. The summed E-state index contributed by atoms with van der Waals surface area (Å²) in [6, 6.07) is 16.4. The molecule has 0 radical (unpaired) electrons. The maximum atomic E-state index is 11.9. The van der Waals surface area contributed by atoms with Gasteiger partial charge in [-0.3, -0.25) is 9.69 Å². The van der Waals surface area contributed by atoms with Gasteiger partial charge in [0.05, 0.1) is 0 Å². The molecule has 0 saturated heterocycles. The first kappa shape index (κ1) is 18.0. The summed E-state index contributed by atoms with van der Waals surface area (Å²) in [4.78, 5) is 14.4. The standard InChI is InChI=1S/C21H25ClN2O/c22-20-9-6-17(7-10-20)8-11-21(25)23-13-3-14-24-15-12-18-4-1-2-5-19(18)16-24/h1-2,4-7,9-10H,3,8,11-16H2,(H,23,25). The highest BCUT2D eigenvalue weighted by Gasteiger charge is 2.14. The number of hydrogen-bond acceptors (Lipinski definition) is 2. The van der Waals surface area contributed by atoms with E-state index in [2.05, 4.69) is 34.5 Å². The monoisotopic (exact) mass is 356 g/mol. The van der Waals surface area contributed by atoms with Crippen molar-refractivity contribution < 1.29 is 4.79 Å². The van der Waals surface area contributed by atoms with Crippen molar-refractivity contribution in [3.63, 3.8) is 0 Å². The molecule has 0 bridgehead atoms. The molecule has 25 heavy (non-hydrogen) atoms. The molecule has 0 aromatic heterocycles. The molecule has 0 unspecified atom stereocenters. The quantitative estimate of drug-likeness (QED) is 0.764. The Balaban J connectivity index is 1.31. The third-order valence-corrected chi connectivity index (χ3v) is 4.99. The van der Waals surface area contributed by atoms with Gasteiger partial charge >= 0.3 is 0 Å². The maximum Gasteiger partial charge on any atom is 0.220 e. The highest BCUT2D eigenvalue weighted by Crippen LogP contribution is 2.18. The summed E-state index contributed by atoms with van der Waals surface area (Å²) in [5.74, 6) is 0.124. The van der Waals surface area contributed by atoms with Gasteiger partial charge in [-0.15, -0.1) is 0 Å². The molecular formula is C21H25ClN2O. The van der Waals surface area contributed by atoms with Crippen LogP contribution in [0, 0.1) is 0 Å². The topological polar surface area (TPSA) is 32.3 Å². The van der Waals surface area contributed by atoms with Crippen molar-refractivity contribution >= 4 is 17.5 Å². The van der Waals surface area contributed by atoms with Crippen molar-refractivity contribution in [1.82, 2.24) is 10.2 Å². The van der Waals surface area contributed by atoms with Crippen LogP contribution in [0.15, 0.2) is 48.5 Å². The first-order chi connectivity index (χ1) is 12.2. The van der Waals surface area contributed by atoms with Gasteiger partial charge in [-0.1, -0.05) is 48.0 Å². The Bertz CT molecular complexity index is 699. The smallest absolute Gasteiger partial charge is 0.220 e. The van der Waals surface area contributed by atoms with E-state index in [4.69, 9.17) is 11.6 Å². The van der Waals surface area contributed by atoms with E-state index in [1.54, 1.807) is 0 Å². The van der Waals surface area contributed by atoms with Crippen molar-refractivity contribution in [2.75, 3.05) is 19.6 Å². The lowest BCUT2D eigenvalue weighted by Crippen LogP contribution is -2.33. The molecular weight excluding hydrogens is 332 g/mol. The van der Waals surface area contributed by atoms with Gasteiger partial charge in [0, 0.05) is 37.6 Å². The van der Waals surface area contributed by atoms with E-state index in [0.717, 1.165) is 56.0 Å². The van der Waals surface area contributed by atoms with Crippen molar-refractivity contribution in [3.8, 4) is 0 Å². The first-order valence-corrected chi connectivity index (χ1v) is 9.39. The fourth-order valence-electron chi connectivity index (χ4n) is 3.27. The van der Waals surface area contributed by atoms with Crippen molar-refractivity contribution in [1.29, 1.82) is 0 Å². The van der Waals surface area contributed by atoms with Crippen LogP contribution >= 0.6 is 11.6 Å². The molecule has 1 amide bonds. The highest BCUT2D eigenvalue weighted by molar-refractivity contribution is 6.30. The van der Waals surface area contributed by atoms with Crippen LogP contribution in [0.25, 0.3) is 0 Å². The Morgan fingerprint density at radius 1 is 1.08 bits per heavy atom. The van der Waals surface area contributed by atoms with Gasteiger partial charge in [0.15, 0.2) is 0 Å². The molecule has 132 valence electrons. The number of hydrogen-bond donors (Lipinski definition) is 1. The zero-order valence-corrected chi connectivity index (χ0v) is 15.3. The van der Waals surface area contributed by atoms with E-state index in [0.29, 0.717) is 6.42 Å². The molecule has 1 heterocycles. The number of amides is 1. The van der Waals surface area contributed by atoms with Gasteiger partial charge in [0.25, 0.3) is 0 Å². The average molecular weight is 357 g/mol. The van der Waals surface area contributed by atoms with Crippen LogP contribution in [0.2, 0.25) is 5.02 Å². The molecule has 4 heteroatoms. The molecule has 1 aliphatic rings. The van der Waals surface area contributed by atoms with Crippen molar-refractivity contribution in [3.05, 3.63) is 70.2 Å². The first-order valence-electron chi connectivity index (χ1n) is 9.01. The van der Waals surface area contributed by atoms with Crippen LogP contribution in [0.1, 0.15) is 29.5 Å². The van der Waals surface area contributed by atoms with Gasteiger partial charge in [-0.2, -0.15) is 0 Å². The Morgan fingerprint density at radius 3 is 2.64 bits per heavy atom. The minimum atomic E-state index is 0.124. The Labute approximate surface area is 155 Å². The van der Waals surface area contributed by atoms with Gasteiger partial charge in [0.2, 0.25) is 5.91 Å². The molecule has 2 aromatic rings.